The van der Waals surface area contributed by atoms with Gasteiger partial charge in [0, 0.05) is 11.3 Å². The Balaban J connectivity index is 3.10. The lowest BCUT2D eigenvalue weighted by Gasteiger charge is -2.14. The van der Waals surface area contributed by atoms with Gasteiger partial charge in [-0.15, -0.1) is 0 Å². The Labute approximate surface area is 130 Å². The second kappa shape index (κ2) is 7.97. The van der Waals surface area contributed by atoms with Crippen LogP contribution in [0.4, 0.5) is 5.69 Å². The molecule has 0 aliphatic rings. The molecule has 1 rings (SSSR count). The first-order valence-electron chi connectivity index (χ1n) is 7.63. The lowest BCUT2D eigenvalue weighted by molar-refractivity contribution is 0.470. The van der Waals surface area contributed by atoms with E-state index < -0.39 is 0 Å². The summed E-state index contributed by atoms with van der Waals surface area (Å²) in [4.78, 5) is 0. The molecule has 0 aliphatic heterocycles. The second-order valence-corrected chi connectivity index (χ2v) is 5.84. The van der Waals surface area contributed by atoms with E-state index in [1.165, 1.54) is 0 Å². The molecule has 21 heavy (non-hydrogen) atoms. The topological polar surface area (TPSA) is 46.2 Å². The highest BCUT2D eigenvalue weighted by Gasteiger charge is 2.11. The molecule has 0 aliphatic carbocycles. The van der Waals surface area contributed by atoms with Crippen LogP contribution in [0.15, 0.2) is 24.3 Å². The summed E-state index contributed by atoms with van der Waals surface area (Å²) in [6.45, 7) is 8.29. The molecule has 2 radical (unpaired) electrons. The monoisotopic (exact) mass is 283 g/mol. The number of hydrogen-bond donors (Lipinski definition) is 2. The third kappa shape index (κ3) is 4.70. The fourth-order valence-electron chi connectivity index (χ4n) is 2.20. The fraction of sp³-hybridized carbons (Fsp3) is 0.444. The molecule has 3 N–H and O–H groups in total. The molecular weight excluding hydrogens is 257 g/mol. The molecule has 0 saturated heterocycles. The predicted molar refractivity (Wildman–Crippen MR) is 94.1 cm³/mol. The number of nitrogens with two attached hydrogens (primary N) is 1. The van der Waals surface area contributed by atoms with Crippen molar-refractivity contribution >= 4 is 24.6 Å². The number of anilines is 1. The van der Waals surface area contributed by atoms with Gasteiger partial charge >= 0.3 is 0 Å². The van der Waals surface area contributed by atoms with E-state index >= 15 is 0 Å². The van der Waals surface area contributed by atoms with Gasteiger partial charge in [-0.1, -0.05) is 44.5 Å². The molecular formula is C18H26BNO. The molecule has 0 amide bonds. The van der Waals surface area contributed by atoms with Crippen LogP contribution < -0.4 is 11.2 Å². The standard InChI is InChI=1S/C18H26BNO/c1-5-8-14(10-7-6-9-12(2)3)15-11-16(20)17(19)13(4)18(15)21/h7-8,10-12,21H,5-6,9,20H2,1-4H3/b10-7-,14-8+. The third-order valence-corrected chi connectivity index (χ3v) is 3.57. The van der Waals surface area contributed by atoms with Gasteiger partial charge in [-0.05, 0) is 49.3 Å². The minimum absolute atomic E-state index is 0.218. The van der Waals surface area contributed by atoms with Gasteiger partial charge in [0.15, 0.2) is 0 Å². The molecule has 0 aromatic heterocycles. The zero-order valence-corrected chi connectivity index (χ0v) is 13.6. The summed E-state index contributed by atoms with van der Waals surface area (Å²) in [7, 11) is 5.86. The van der Waals surface area contributed by atoms with Crippen molar-refractivity contribution in [3.63, 3.8) is 0 Å². The molecule has 0 saturated carbocycles. The van der Waals surface area contributed by atoms with Gasteiger partial charge in [-0.3, -0.25) is 0 Å². The Morgan fingerprint density at radius 1 is 1.43 bits per heavy atom. The Morgan fingerprint density at radius 3 is 2.67 bits per heavy atom. The Bertz CT molecular complexity index is 545. The maximum atomic E-state index is 10.3. The minimum Gasteiger partial charge on any atom is -0.507 e. The molecule has 0 atom stereocenters. The molecule has 2 nitrogen and oxygen atoms in total. The summed E-state index contributed by atoms with van der Waals surface area (Å²) >= 11 is 0. The van der Waals surface area contributed by atoms with Crippen LogP contribution in [0.3, 0.4) is 0 Å². The van der Waals surface area contributed by atoms with E-state index in [2.05, 4.69) is 39.0 Å². The first-order chi connectivity index (χ1) is 9.88. The van der Waals surface area contributed by atoms with Gasteiger partial charge in [0.2, 0.25) is 0 Å². The van der Waals surface area contributed by atoms with Gasteiger partial charge < -0.3 is 10.8 Å². The smallest absolute Gasteiger partial charge is 0.125 e. The van der Waals surface area contributed by atoms with Crippen LogP contribution in [0.5, 0.6) is 5.75 Å². The maximum Gasteiger partial charge on any atom is 0.125 e. The predicted octanol–water partition coefficient (Wildman–Crippen LogP) is 3.86. The normalized spacial score (nSPS) is 12.5. The van der Waals surface area contributed by atoms with Gasteiger partial charge in [-0.25, -0.2) is 0 Å². The number of aromatic hydroxyl groups is 1. The van der Waals surface area contributed by atoms with Gasteiger partial charge in [0.25, 0.3) is 0 Å². The number of nitrogen functional groups attached to an aromatic ring is 1. The van der Waals surface area contributed by atoms with E-state index in [-0.39, 0.29) is 5.75 Å². The van der Waals surface area contributed by atoms with E-state index in [1.54, 1.807) is 13.0 Å². The van der Waals surface area contributed by atoms with Gasteiger partial charge in [0.1, 0.15) is 13.6 Å². The molecule has 1 aromatic rings. The average molecular weight is 283 g/mol. The van der Waals surface area contributed by atoms with Crippen LogP contribution >= 0.6 is 0 Å². The van der Waals surface area contributed by atoms with Crippen molar-refractivity contribution in [2.45, 2.75) is 47.0 Å². The summed E-state index contributed by atoms with van der Waals surface area (Å²) < 4.78 is 0. The van der Waals surface area contributed by atoms with E-state index in [9.17, 15) is 5.11 Å². The van der Waals surface area contributed by atoms with Gasteiger partial charge in [-0.2, -0.15) is 0 Å². The number of allylic oxidation sites excluding steroid dienone is 4. The molecule has 0 unspecified atom stereocenters. The molecule has 0 spiro atoms. The lowest BCUT2D eigenvalue weighted by atomic mass is 9.85. The average Bonchev–Trinajstić information content (AvgIpc) is 2.44. The van der Waals surface area contributed by atoms with Crippen molar-refractivity contribution in [1.29, 1.82) is 0 Å². The van der Waals surface area contributed by atoms with Crippen molar-refractivity contribution in [1.82, 2.24) is 0 Å². The van der Waals surface area contributed by atoms with Crippen LogP contribution in [0.2, 0.25) is 0 Å². The minimum atomic E-state index is 0.218. The molecule has 1 aromatic carbocycles. The van der Waals surface area contributed by atoms with Crippen molar-refractivity contribution < 1.29 is 5.11 Å². The highest BCUT2D eigenvalue weighted by Crippen LogP contribution is 2.30. The van der Waals surface area contributed by atoms with E-state index in [0.29, 0.717) is 22.6 Å². The quantitative estimate of drug-likeness (QED) is 0.360. The number of phenolic OH excluding ortho intramolecular Hbond substituents is 1. The van der Waals surface area contributed by atoms with Crippen molar-refractivity contribution in [3.8, 4) is 5.75 Å². The van der Waals surface area contributed by atoms with E-state index in [4.69, 9.17) is 13.6 Å². The molecule has 3 heteroatoms. The summed E-state index contributed by atoms with van der Waals surface area (Å²) in [6, 6.07) is 1.76. The molecule has 0 bridgehead atoms. The summed E-state index contributed by atoms with van der Waals surface area (Å²) in [5.74, 6) is 0.908. The third-order valence-electron chi connectivity index (χ3n) is 3.57. The van der Waals surface area contributed by atoms with Crippen molar-refractivity contribution in [2.75, 3.05) is 5.73 Å². The number of phenols is 1. The van der Waals surface area contributed by atoms with E-state index in [0.717, 1.165) is 30.4 Å². The largest absolute Gasteiger partial charge is 0.507 e. The highest BCUT2D eigenvalue weighted by atomic mass is 16.3. The zero-order chi connectivity index (χ0) is 16.0. The second-order valence-electron chi connectivity index (χ2n) is 5.84. The van der Waals surface area contributed by atoms with Crippen molar-refractivity contribution in [3.05, 3.63) is 35.4 Å². The molecule has 0 heterocycles. The number of rotatable bonds is 6. The Kier molecular flexibility index (Phi) is 6.61. The molecule has 0 fully saturated rings. The fourth-order valence-corrected chi connectivity index (χ4v) is 2.20. The van der Waals surface area contributed by atoms with Crippen LogP contribution in [0.25, 0.3) is 5.57 Å². The SMILES string of the molecule is [B]c1c(N)cc(C(/C=C\CCC(C)C)=C/CC)c(O)c1C. The first kappa shape index (κ1) is 17.4. The first-order valence-corrected chi connectivity index (χ1v) is 7.63. The Hall–Kier alpha value is -1.64. The van der Waals surface area contributed by atoms with Crippen molar-refractivity contribution in [2.24, 2.45) is 5.92 Å². The highest BCUT2D eigenvalue weighted by molar-refractivity contribution is 6.37. The van der Waals surface area contributed by atoms with Crippen LogP contribution in [0.1, 0.15) is 51.2 Å². The van der Waals surface area contributed by atoms with Crippen LogP contribution in [0, 0.1) is 12.8 Å². The number of hydrogen-bond acceptors (Lipinski definition) is 2. The van der Waals surface area contributed by atoms with E-state index in [1.807, 2.05) is 0 Å². The van der Waals surface area contributed by atoms with Gasteiger partial charge in [0.05, 0.1) is 0 Å². The maximum absolute atomic E-state index is 10.3. The number of benzene rings is 1. The molecule has 112 valence electrons. The summed E-state index contributed by atoms with van der Waals surface area (Å²) in [6.07, 6.45) is 9.40. The van der Waals surface area contributed by atoms with Crippen LogP contribution in [-0.4, -0.2) is 13.0 Å². The summed E-state index contributed by atoms with van der Waals surface area (Å²) in [5, 5.41) is 10.3. The summed E-state index contributed by atoms with van der Waals surface area (Å²) in [5.41, 5.74) is 9.28. The zero-order valence-electron chi connectivity index (χ0n) is 13.6. The van der Waals surface area contributed by atoms with Crippen LogP contribution in [-0.2, 0) is 0 Å². The lowest BCUT2D eigenvalue weighted by Crippen LogP contribution is -2.14. The Morgan fingerprint density at radius 2 is 2.10 bits per heavy atom.